The molecule has 82 valence electrons. The Bertz CT molecular complexity index is 352. The summed E-state index contributed by atoms with van der Waals surface area (Å²) in [6, 6.07) is 0.550. The average Bonchev–Trinajstić information content (AvgIpc) is 2.86. The van der Waals surface area contributed by atoms with Crippen molar-refractivity contribution in [3.8, 4) is 0 Å². The zero-order valence-corrected chi connectivity index (χ0v) is 8.63. The molecule has 0 amide bonds. The van der Waals surface area contributed by atoms with E-state index in [1.165, 1.54) is 25.7 Å². The highest BCUT2D eigenvalue weighted by Gasteiger charge is 2.19. The summed E-state index contributed by atoms with van der Waals surface area (Å²) in [6.07, 6.45) is 9.08. The molecular formula is C10H16N4O. The Morgan fingerprint density at radius 3 is 3.00 bits per heavy atom. The lowest BCUT2D eigenvalue weighted by atomic mass is 10.2. The molecule has 0 atom stereocenters. The number of hydrogen-bond acceptors (Lipinski definition) is 3. The first-order valence-corrected chi connectivity index (χ1v) is 5.28. The van der Waals surface area contributed by atoms with Crippen LogP contribution >= 0.6 is 0 Å². The molecule has 1 fully saturated rings. The number of rotatable bonds is 3. The van der Waals surface area contributed by atoms with Gasteiger partial charge in [0.25, 0.3) is 0 Å². The van der Waals surface area contributed by atoms with Crippen LogP contribution in [0.15, 0.2) is 17.7 Å². The largest absolute Gasteiger partial charge is 0.409 e. The molecule has 0 bridgehead atoms. The number of aromatic nitrogens is 2. The highest BCUT2D eigenvalue weighted by Crippen LogP contribution is 2.30. The van der Waals surface area contributed by atoms with Crippen LogP contribution in [0.2, 0.25) is 0 Å². The zero-order valence-electron chi connectivity index (χ0n) is 8.63. The molecule has 3 N–H and O–H groups in total. The van der Waals surface area contributed by atoms with Crippen LogP contribution in [0, 0.1) is 0 Å². The molecule has 1 aliphatic carbocycles. The maximum absolute atomic E-state index is 8.52. The summed E-state index contributed by atoms with van der Waals surface area (Å²) in [5, 5.41) is 11.5. The van der Waals surface area contributed by atoms with Crippen molar-refractivity contribution in [3.05, 3.63) is 18.2 Å². The van der Waals surface area contributed by atoms with Crippen LogP contribution in [-0.2, 0) is 6.42 Å². The van der Waals surface area contributed by atoms with E-state index in [0.29, 0.717) is 12.5 Å². The first-order valence-electron chi connectivity index (χ1n) is 5.28. The van der Waals surface area contributed by atoms with Crippen molar-refractivity contribution in [1.29, 1.82) is 0 Å². The third-order valence-corrected chi connectivity index (χ3v) is 2.96. The molecule has 1 saturated carbocycles. The summed E-state index contributed by atoms with van der Waals surface area (Å²) in [7, 11) is 0. The Kier molecular flexibility index (Phi) is 2.89. The van der Waals surface area contributed by atoms with Crippen molar-refractivity contribution in [3.63, 3.8) is 0 Å². The number of nitrogens with two attached hydrogens (primary N) is 1. The van der Waals surface area contributed by atoms with Gasteiger partial charge >= 0.3 is 0 Å². The maximum atomic E-state index is 8.52. The van der Waals surface area contributed by atoms with Gasteiger partial charge in [-0.15, -0.1) is 0 Å². The predicted molar refractivity (Wildman–Crippen MR) is 56.8 cm³/mol. The van der Waals surface area contributed by atoms with Crippen molar-refractivity contribution in [2.24, 2.45) is 10.9 Å². The summed E-state index contributed by atoms with van der Waals surface area (Å²) < 4.78 is 2.16. The number of nitrogens with zero attached hydrogens (tertiary/aromatic N) is 3. The predicted octanol–water partition coefficient (Wildman–Crippen LogP) is 1.29. The van der Waals surface area contributed by atoms with E-state index >= 15 is 0 Å². The van der Waals surface area contributed by atoms with Crippen molar-refractivity contribution in [2.45, 2.75) is 38.1 Å². The highest BCUT2D eigenvalue weighted by atomic mass is 16.4. The molecular weight excluding hydrogens is 192 g/mol. The molecule has 1 aromatic heterocycles. The standard InChI is InChI=1S/C10H16N4O/c11-10(13-15)5-9-6-12-7-14(9)8-3-1-2-4-8/h6-8,15H,1-5H2,(H2,11,13). The van der Waals surface area contributed by atoms with Gasteiger partial charge in [0.2, 0.25) is 0 Å². The van der Waals surface area contributed by atoms with Gasteiger partial charge in [-0.25, -0.2) is 4.98 Å². The first-order chi connectivity index (χ1) is 7.31. The molecule has 2 rings (SSSR count). The molecule has 0 aliphatic heterocycles. The van der Waals surface area contributed by atoms with Crippen LogP contribution in [0.25, 0.3) is 0 Å². The minimum atomic E-state index is 0.231. The fraction of sp³-hybridized carbons (Fsp3) is 0.600. The van der Waals surface area contributed by atoms with Crippen LogP contribution < -0.4 is 5.73 Å². The molecule has 0 spiro atoms. The van der Waals surface area contributed by atoms with Crippen LogP contribution in [0.3, 0.4) is 0 Å². The molecule has 0 saturated heterocycles. The van der Waals surface area contributed by atoms with E-state index in [1.54, 1.807) is 6.20 Å². The maximum Gasteiger partial charge on any atom is 0.145 e. The average molecular weight is 208 g/mol. The van der Waals surface area contributed by atoms with Crippen molar-refractivity contribution in [2.75, 3.05) is 0 Å². The van der Waals surface area contributed by atoms with Crippen LogP contribution in [-0.4, -0.2) is 20.6 Å². The Morgan fingerprint density at radius 2 is 2.33 bits per heavy atom. The Labute approximate surface area is 88.6 Å². The molecule has 5 nitrogen and oxygen atoms in total. The smallest absolute Gasteiger partial charge is 0.145 e. The van der Waals surface area contributed by atoms with E-state index in [9.17, 15) is 0 Å². The second-order valence-corrected chi connectivity index (χ2v) is 4.00. The van der Waals surface area contributed by atoms with Gasteiger partial charge in [-0.3, -0.25) is 0 Å². The third kappa shape index (κ3) is 2.11. The number of imidazole rings is 1. The van der Waals surface area contributed by atoms with Crippen LogP contribution in [0.4, 0.5) is 0 Å². The third-order valence-electron chi connectivity index (χ3n) is 2.96. The van der Waals surface area contributed by atoms with Gasteiger partial charge in [-0.1, -0.05) is 18.0 Å². The number of hydrogen-bond donors (Lipinski definition) is 2. The lowest BCUT2D eigenvalue weighted by molar-refractivity contribution is 0.317. The lowest BCUT2D eigenvalue weighted by Gasteiger charge is -2.14. The first kappa shape index (κ1) is 10.0. The Balaban J connectivity index is 2.14. The van der Waals surface area contributed by atoms with E-state index in [2.05, 4.69) is 14.7 Å². The van der Waals surface area contributed by atoms with Gasteiger partial charge in [0.1, 0.15) is 5.84 Å². The molecule has 1 heterocycles. The van der Waals surface area contributed by atoms with E-state index in [0.717, 1.165) is 5.69 Å². The highest BCUT2D eigenvalue weighted by molar-refractivity contribution is 5.81. The monoisotopic (exact) mass is 208 g/mol. The van der Waals surface area contributed by atoms with Gasteiger partial charge in [-0.2, -0.15) is 0 Å². The van der Waals surface area contributed by atoms with E-state index in [-0.39, 0.29) is 5.84 Å². The van der Waals surface area contributed by atoms with E-state index < -0.39 is 0 Å². The summed E-state index contributed by atoms with van der Waals surface area (Å²) in [5.74, 6) is 0.231. The normalized spacial score (nSPS) is 18.5. The van der Waals surface area contributed by atoms with Crippen molar-refractivity contribution < 1.29 is 5.21 Å². The minimum absolute atomic E-state index is 0.231. The lowest BCUT2D eigenvalue weighted by Crippen LogP contribution is -2.18. The molecule has 5 heteroatoms. The Hall–Kier alpha value is -1.52. The van der Waals surface area contributed by atoms with Crippen molar-refractivity contribution in [1.82, 2.24) is 9.55 Å². The summed E-state index contributed by atoms with van der Waals surface area (Å²) in [4.78, 5) is 4.12. The van der Waals surface area contributed by atoms with E-state index in [1.807, 2.05) is 6.33 Å². The fourth-order valence-corrected chi connectivity index (χ4v) is 2.20. The van der Waals surface area contributed by atoms with Crippen molar-refractivity contribution >= 4 is 5.84 Å². The van der Waals surface area contributed by atoms with Gasteiger partial charge in [-0.05, 0) is 12.8 Å². The second-order valence-electron chi connectivity index (χ2n) is 4.00. The second kappa shape index (κ2) is 4.33. The summed E-state index contributed by atoms with van der Waals surface area (Å²) in [6.45, 7) is 0. The molecule has 1 aliphatic rings. The quantitative estimate of drug-likeness (QED) is 0.340. The number of amidine groups is 1. The number of oxime groups is 1. The van der Waals surface area contributed by atoms with Gasteiger partial charge in [0.05, 0.1) is 12.7 Å². The summed E-state index contributed by atoms with van der Waals surface area (Å²) >= 11 is 0. The molecule has 1 aromatic rings. The van der Waals surface area contributed by atoms with Crippen LogP contribution in [0.1, 0.15) is 37.4 Å². The van der Waals surface area contributed by atoms with E-state index in [4.69, 9.17) is 10.9 Å². The molecule has 0 unspecified atom stereocenters. The summed E-state index contributed by atoms with van der Waals surface area (Å²) in [5.41, 5.74) is 6.52. The topological polar surface area (TPSA) is 76.4 Å². The van der Waals surface area contributed by atoms with Gasteiger partial charge < -0.3 is 15.5 Å². The Morgan fingerprint density at radius 1 is 1.60 bits per heavy atom. The fourth-order valence-electron chi connectivity index (χ4n) is 2.20. The zero-order chi connectivity index (χ0) is 10.7. The van der Waals surface area contributed by atoms with Gasteiger partial charge in [0, 0.05) is 17.9 Å². The SMILES string of the molecule is N/C(Cc1cncn1C1CCCC1)=N\O. The minimum Gasteiger partial charge on any atom is -0.409 e. The molecule has 15 heavy (non-hydrogen) atoms. The molecule has 0 aromatic carbocycles. The van der Waals surface area contributed by atoms with Crippen LogP contribution in [0.5, 0.6) is 0 Å². The molecule has 0 radical (unpaired) electrons. The van der Waals surface area contributed by atoms with Gasteiger partial charge in [0.15, 0.2) is 0 Å².